The quantitative estimate of drug-likeness (QED) is 0.693. The van der Waals surface area contributed by atoms with Crippen molar-refractivity contribution in [1.29, 1.82) is 0 Å². The number of carbonyl (C=O) groups is 2. The molecule has 0 spiro atoms. The zero-order chi connectivity index (χ0) is 21.6. The highest BCUT2D eigenvalue weighted by atomic mass is 32.1. The van der Waals surface area contributed by atoms with Gasteiger partial charge in [-0.2, -0.15) is 0 Å². The smallest absolute Gasteiger partial charge is 0.280 e. The Morgan fingerprint density at radius 3 is 2.68 bits per heavy atom. The van der Waals surface area contributed by atoms with Crippen molar-refractivity contribution in [3.8, 4) is 5.75 Å². The molecule has 0 unspecified atom stereocenters. The molecule has 164 valence electrons. The summed E-state index contributed by atoms with van der Waals surface area (Å²) in [5.41, 5.74) is 3.27. The number of nitrogens with zero attached hydrogens (tertiary/aromatic N) is 2. The minimum absolute atomic E-state index is 0.147. The van der Waals surface area contributed by atoms with Crippen LogP contribution in [-0.2, 0) is 24.2 Å². The monoisotopic (exact) mass is 439 g/mol. The topological polar surface area (TPSA) is 71.5 Å². The van der Waals surface area contributed by atoms with Crippen LogP contribution in [0.1, 0.15) is 58.0 Å². The number of nitrogens with one attached hydrogen (secondary N) is 1. The zero-order valence-corrected chi connectivity index (χ0v) is 18.8. The van der Waals surface area contributed by atoms with Crippen LogP contribution in [0, 0.1) is 0 Å². The lowest BCUT2D eigenvalue weighted by atomic mass is 9.97. The van der Waals surface area contributed by atoms with Crippen LogP contribution < -0.4 is 10.1 Å². The third-order valence-electron chi connectivity index (χ3n) is 5.93. The third-order valence-corrected chi connectivity index (χ3v) is 7.08. The first-order chi connectivity index (χ1) is 15.1. The second-order valence-corrected chi connectivity index (χ2v) is 9.17. The number of amides is 2. The molecule has 2 aromatic rings. The highest BCUT2D eigenvalue weighted by Gasteiger charge is 2.24. The summed E-state index contributed by atoms with van der Waals surface area (Å²) < 4.78 is 5.16. The van der Waals surface area contributed by atoms with Crippen molar-refractivity contribution < 1.29 is 14.3 Å². The number of allylic oxidation sites excluding steroid dienone is 1. The van der Waals surface area contributed by atoms with Crippen molar-refractivity contribution in [2.45, 2.75) is 51.5 Å². The number of thiazole rings is 1. The number of carbonyl (C=O) groups excluding carboxylic acids is 2. The molecule has 0 atom stereocenters. The number of hydrogen-bond acceptors (Lipinski definition) is 5. The van der Waals surface area contributed by atoms with Gasteiger partial charge in [0.1, 0.15) is 5.75 Å². The lowest BCUT2D eigenvalue weighted by Gasteiger charge is -2.22. The molecule has 0 saturated heterocycles. The van der Waals surface area contributed by atoms with E-state index in [2.05, 4.69) is 16.4 Å². The average Bonchev–Trinajstić information content (AvgIpc) is 3.11. The molecule has 31 heavy (non-hydrogen) atoms. The van der Waals surface area contributed by atoms with E-state index < -0.39 is 0 Å². The number of hydrogen-bond donors (Lipinski definition) is 1. The molecular formula is C24H29N3O3S. The van der Waals surface area contributed by atoms with Crippen LogP contribution in [0.4, 0.5) is 0 Å². The first kappa shape index (κ1) is 21.6. The fourth-order valence-electron chi connectivity index (χ4n) is 4.08. The van der Waals surface area contributed by atoms with E-state index in [0.29, 0.717) is 37.5 Å². The number of fused-ring (bicyclic) bond motifs is 1. The minimum Gasteiger partial charge on any atom is -0.497 e. The van der Waals surface area contributed by atoms with E-state index in [-0.39, 0.29) is 11.8 Å². The molecule has 2 aliphatic rings. The van der Waals surface area contributed by atoms with Crippen molar-refractivity contribution in [3.63, 3.8) is 0 Å². The summed E-state index contributed by atoms with van der Waals surface area (Å²) >= 11 is 1.45. The van der Waals surface area contributed by atoms with Crippen molar-refractivity contribution >= 4 is 23.2 Å². The second kappa shape index (κ2) is 10.1. The van der Waals surface area contributed by atoms with E-state index in [9.17, 15) is 9.59 Å². The highest BCUT2D eigenvalue weighted by Crippen LogP contribution is 2.25. The number of benzene rings is 1. The van der Waals surface area contributed by atoms with Gasteiger partial charge in [-0.25, -0.2) is 4.98 Å². The molecule has 0 radical (unpaired) electrons. The Morgan fingerprint density at radius 2 is 1.94 bits per heavy atom. The Hall–Kier alpha value is -2.67. The predicted molar refractivity (Wildman–Crippen MR) is 121 cm³/mol. The Morgan fingerprint density at radius 1 is 1.13 bits per heavy atom. The number of methoxy groups -OCH3 is 1. The minimum atomic E-state index is -0.147. The summed E-state index contributed by atoms with van der Waals surface area (Å²) in [6.45, 7) is 1.83. The molecule has 1 aromatic heterocycles. The summed E-state index contributed by atoms with van der Waals surface area (Å²) in [6, 6.07) is 7.63. The van der Waals surface area contributed by atoms with E-state index in [1.807, 2.05) is 29.2 Å². The molecule has 1 aliphatic carbocycles. The molecule has 0 fully saturated rings. The fourth-order valence-corrected chi connectivity index (χ4v) is 5.10. The van der Waals surface area contributed by atoms with Crippen molar-refractivity contribution in [2.24, 2.45) is 0 Å². The van der Waals surface area contributed by atoms with Gasteiger partial charge < -0.3 is 15.0 Å². The Balaban J connectivity index is 1.30. The van der Waals surface area contributed by atoms with Crippen LogP contribution in [0.2, 0.25) is 0 Å². The zero-order valence-electron chi connectivity index (χ0n) is 18.0. The molecule has 1 aliphatic heterocycles. The van der Waals surface area contributed by atoms with Gasteiger partial charge in [-0.3, -0.25) is 9.59 Å². The maximum Gasteiger partial charge on any atom is 0.280 e. The molecule has 0 bridgehead atoms. The van der Waals surface area contributed by atoms with Gasteiger partial charge in [0.25, 0.3) is 5.91 Å². The summed E-state index contributed by atoms with van der Waals surface area (Å²) in [4.78, 5) is 33.0. The number of aromatic nitrogens is 1. The Labute approximate surface area is 187 Å². The van der Waals surface area contributed by atoms with Crippen LogP contribution in [0.5, 0.6) is 5.75 Å². The molecule has 4 rings (SSSR count). The summed E-state index contributed by atoms with van der Waals surface area (Å²) in [6.07, 6.45) is 8.88. The van der Waals surface area contributed by atoms with Crippen LogP contribution >= 0.6 is 11.3 Å². The lowest BCUT2D eigenvalue weighted by molar-refractivity contribution is -0.130. The molecule has 2 amide bonds. The van der Waals surface area contributed by atoms with Gasteiger partial charge in [0, 0.05) is 43.8 Å². The van der Waals surface area contributed by atoms with Gasteiger partial charge in [0.15, 0.2) is 5.01 Å². The molecular weight excluding hydrogens is 410 g/mol. The van der Waals surface area contributed by atoms with E-state index in [1.54, 1.807) is 7.11 Å². The van der Waals surface area contributed by atoms with Crippen LogP contribution in [0.15, 0.2) is 35.9 Å². The highest BCUT2D eigenvalue weighted by molar-refractivity contribution is 7.13. The lowest BCUT2D eigenvalue weighted by Crippen LogP contribution is -2.33. The van der Waals surface area contributed by atoms with Crippen molar-refractivity contribution in [3.05, 3.63) is 57.1 Å². The van der Waals surface area contributed by atoms with Crippen LogP contribution in [0.3, 0.4) is 0 Å². The summed E-state index contributed by atoms with van der Waals surface area (Å²) in [7, 11) is 1.63. The first-order valence-corrected chi connectivity index (χ1v) is 11.8. The van der Waals surface area contributed by atoms with Gasteiger partial charge in [0.2, 0.25) is 5.91 Å². The van der Waals surface area contributed by atoms with Gasteiger partial charge in [-0.05, 0) is 43.4 Å². The SMILES string of the molecule is COc1ccc(CNC(=O)c2nc3c(s2)CCN(C(=O)CC2=CCCCC2)CC3)cc1. The van der Waals surface area contributed by atoms with Gasteiger partial charge in [-0.1, -0.05) is 23.8 Å². The van der Waals surface area contributed by atoms with Crippen molar-refractivity contribution in [1.82, 2.24) is 15.2 Å². The van der Waals surface area contributed by atoms with Gasteiger partial charge >= 0.3 is 0 Å². The molecule has 6 nitrogen and oxygen atoms in total. The standard InChI is InChI=1S/C24H29N3O3S/c1-30-19-9-7-18(8-10-19)16-25-23(29)24-26-20-11-13-27(14-12-21(20)31-24)22(28)15-17-5-3-2-4-6-17/h5,7-10H,2-4,6,11-16H2,1H3,(H,25,29). The first-order valence-electron chi connectivity index (χ1n) is 11.0. The molecule has 0 saturated carbocycles. The Bertz CT molecular complexity index is 939. The predicted octanol–water partition coefficient (Wildman–Crippen LogP) is 3.90. The molecule has 7 heteroatoms. The normalized spacial score (nSPS) is 16.2. The maximum absolute atomic E-state index is 12.7. The van der Waals surface area contributed by atoms with E-state index in [1.165, 1.54) is 29.8 Å². The maximum atomic E-state index is 12.7. The molecule has 2 heterocycles. The van der Waals surface area contributed by atoms with Crippen LogP contribution in [-0.4, -0.2) is 41.9 Å². The van der Waals surface area contributed by atoms with Gasteiger partial charge in [-0.15, -0.1) is 11.3 Å². The fraction of sp³-hybridized carbons (Fsp3) is 0.458. The van der Waals surface area contributed by atoms with Crippen LogP contribution in [0.25, 0.3) is 0 Å². The van der Waals surface area contributed by atoms with Gasteiger partial charge in [0.05, 0.1) is 12.8 Å². The average molecular weight is 440 g/mol. The third kappa shape index (κ3) is 5.53. The number of rotatable bonds is 6. The van der Waals surface area contributed by atoms with Crippen molar-refractivity contribution in [2.75, 3.05) is 20.2 Å². The van der Waals surface area contributed by atoms with E-state index in [0.717, 1.165) is 41.1 Å². The summed E-state index contributed by atoms with van der Waals surface area (Å²) in [5, 5.41) is 3.45. The molecule has 1 aromatic carbocycles. The number of ether oxygens (including phenoxy) is 1. The molecule has 1 N–H and O–H groups in total. The van der Waals surface area contributed by atoms with E-state index in [4.69, 9.17) is 4.74 Å². The Kier molecular flexibility index (Phi) is 7.02. The summed E-state index contributed by atoms with van der Waals surface area (Å²) in [5.74, 6) is 0.869. The second-order valence-electron chi connectivity index (χ2n) is 8.09. The van der Waals surface area contributed by atoms with E-state index >= 15 is 0 Å². The largest absolute Gasteiger partial charge is 0.497 e.